The predicted octanol–water partition coefficient (Wildman–Crippen LogP) is 3.17. The second kappa shape index (κ2) is 5.92. The normalized spacial score (nSPS) is 11.4. The molecule has 0 saturated heterocycles. The lowest BCUT2D eigenvalue weighted by atomic mass is 10.1. The van der Waals surface area contributed by atoms with E-state index in [0.29, 0.717) is 13.1 Å². The Bertz CT molecular complexity index is 582. The zero-order valence-electron chi connectivity index (χ0n) is 10.6. The Morgan fingerprint density at radius 3 is 2.45 bits per heavy atom. The van der Waals surface area contributed by atoms with Crippen LogP contribution in [0.15, 0.2) is 42.5 Å². The molecule has 0 radical (unpaired) electrons. The zero-order chi connectivity index (χ0) is 14.6. The van der Waals surface area contributed by atoms with E-state index in [4.69, 9.17) is 5.73 Å². The van der Waals surface area contributed by atoms with Gasteiger partial charge in [0.2, 0.25) is 0 Å². The molecule has 2 rings (SSSR count). The maximum atomic E-state index is 12.5. The van der Waals surface area contributed by atoms with Crippen molar-refractivity contribution in [2.24, 2.45) is 5.73 Å². The van der Waals surface area contributed by atoms with Gasteiger partial charge < -0.3 is 11.1 Å². The van der Waals surface area contributed by atoms with E-state index in [9.17, 15) is 13.2 Å². The summed E-state index contributed by atoms with van der Waals surface area (Å²) in [5.74, 6) is 0.193. The standard InChI is InChI=1S/C14H14F3N3/c15-14(16,17)12-5-2-6-13(20-12)19-9-11-4-1-3-10(7-11)8-18/h1-7H,8-9,18H2,(H,19,20). The third kappa shape index (κ3) is 3.71. The Hall–Kier alpha value is -2.08. The molecule has 0 aliphatic heterocycles. The van der Waals surface area contributed by atoms with Crippen molar-refractivity contribution in [2.75, 3.05) is 5.32 Å². The summed E-state index contributed by atoms with van der Waals surface area (Å²) in [6.45, 7) is 0.817. The summed E-state index contributed by atoms with van der Waals surface area (Å²) in [6, 6.07) is 11.3. The molecule has 0 bridgehead atoms. The summed E-state index contributed by atoms with van der Waals surface area (Å²) >= 11 is 0. The highest BCUT2D eigenvalue weighted by molar-refractivity contribution is 5.37. The molecule has 20 heavy (non-hydrogen) atoms. The van der Waals surface area contributed by atoms with Crippen LogP contribution < -0.4 is 11.1 Å². The molecule has 0 fully saturated rings. The highest BCUT2D eigenvalue weighted by Crippen LogP contribution is 2.28. The van der Waals surface area contributed by atoms with Gasteiger partial charge in [0.15, 0.2) is 0 Å². The number of rotatable bonds is 4. The van der Waals surface area contributed by atoms with E-state index in [1.807, 2.05) is 24.3 Å². The summed E-state index contributed by atoms with van der Waals surface area (Å²) in [5.41, 5.74) is 6.54. The molecule has 106 valence electrons. The van der Waals surface area contributed by atoms with Crippen LogP contribution in [0, 0.1) is 0 Å². The van der Waals surface area contributed by atoms with Crippen molar-refractivity contribution >= 4 is 5.82 Å². The van der Waals surface area contributed by atoms with Crippen LogP contribution in [-0.4, -0.2) is 4.98 Å². The molecule has 2 aromatic rings. The van der Waals surface area contributed by atoms with Crippen molar-refractivity contribution in [1.29, 1.82) is 0 Å². The first kappa shape index (κ1) is 14.3. The van der Waals surface area contributed by atoms with Crippen LogP contribution in [0.25, 0.3) is 0 Å². The lowest BCUT2D eigenvalue weighted by Crippen LogP contribution is -2.10. The molecule has 0 aliphatic carbocycles. The van der Waals surface area contributed by atoms with E-state index >= 15 is 0 Å². The molecule has 0 atom stereocenters. The molecule has 0 unspecified atom stereocenters. The fourth-order valence-electron chi connectivity index (χ4n) is 1.75. The highest BCUT2D eigenvalue weighted by atomic mass is 19.4. The molecule has 3 nitrogen and oxygen atoms in total. The maximum absolute atomic E-state index is 12.5. The quantitative estimate of drug-likeness (QED) is 0.905. The second-order valence-corrected chi connectivity index (χ2v) is 4.28. The fourth-order valence-corrected chi connectivity index (χ4v) is 1.75. The number of nitrogens with two attached hydrogens (primary N) is 1. The van der Waals surface area contributed by atoms with E-state index in [2.05, 4.69) is 10.3 Å². The van der Waals surface area contributed by atoms with Crippen LogP contribution >= 0.6 is 0 Å². The van der Waals surface area contributed by atoms with Gasteiger partial charge in [-0.3, -0.25) is 0 Å². The highest BCUT2D eigenvalue weighted by Gasteiger charge is 2.32. The molecule has 0 aliphatic rings. The first-order valence-corrected chi connectivity index (χ1v) is 6.05. The Morgan fingerprint density at radius 2 is 1.75 bits per heavy atom. The van der Waals surface area contributed by atoms with E-state index in [1.54, 1.807) is 0 Å². The second-order valence-electron chi connectivity index (χ2n) is 4.28. The van der Waals surface area contributed by atoms with E-state index < -0.39 is 11.9 Å². The summed E-state index contributed by atoms with van der Waals surface area (Å²) in [6.07, 6.45) is -4.43. The Kier molecular flexibility index (Phi) is 4.24. The van der Waals surface area contributed by atoms with Crippen molar-refractivity contribution in [3.05, 3.63) is 59.3 Å². The molecule has 0 saturated carbocycles. The zero-order valence-corrected chi connectivity index (χ0v) is 10.6. The summed E-state index contributed by atoms with van der Waals surface area (Å²) in [4.78, 5) is 3.54. The van der Waals surface area contributed by atoms with E-state index in [-0.39, 0.29) is 5.82 Å². The lowest BCUT2D eigenvalue weighted by Gasteiger charge is -2.10. The van der Waals surface area contributed by atoms with Gasteiger partial charge in [-0.15, -0.1) is 0 Å². The molecule has 0 amide bonds. The number of aromatic nitrogens is 1. The number of benzene rings is 1. The molecule has 6 heteroatoms. The van der Waals surface area contributed by atoms with Crippen LogP contribution in [0.4, 0.5) is 19.0 Å². The average molecular weight is 281 g/mol. The van der Waals surface area contributed by atoms with Crippen LogP contribution in [0.3, 0.4) is 0 Å². The van der Waals surface area contributed by atoms with Crippen LogP contribution in [0.2, 0.25) is 0 Å². The third-order valence-corrected chi connectivity index (χ3v) is 2.74. The number of hydrogen-bond donors (Lipinski definition) is 2. The van der Waals surface area contributed by atoms with Gasteiger partial charge in [0, 0.05) is 13.1 Å². The number of nitrogens with zero attached hydrogens (tertiary/aromatic N) is 1. The minimum absolute atomic E-state index is 0.193. The number of hydrogen-bond acceptors (Lipinski definition) is 3. The van der Waals surface area contributed by atoms with Crippen molar-refractivity contribution < 1.29 is 13.2 Å². The smallest absolute Gasteiger partial charge is 0.366 e. The first-order valence-electron chi connectivity index (χ1n) is 6.05. The van der Waals surface area contributed by atoms with Gasteiger partial charge in [-0.1, -0.05) is 30.3 Å². The Morgan fingerprint density at radius 1 is 1.05 bits per heavy atom. The number of halogens is 3. The van der Waals surface area contributed by atoms with Gasteiger partial charge in [-0.2, -0.15) is 13.2 Å². The van der Waals surface area contributed by atoms with Crippen LogP contribution in [0.1, 0.15) is 16.8 Å². The van der Waals surface area contributed by atoms with Gasteiger partial charge in [0.25, 0.3) is 0 Å². The molecule has 1 aromatic carbocycles. The average Bonchev–Trinajstić information content (AvgIpc) is 2.45. The summed E-state index contributed by atoms with van der Waals surface area (Å²) in [5, 5.41) is 2.87. The Balaban J connectivity index is 2.07. The van der Waals surface area contributed by atoms with Gasteiger partial charge in [-0.05, 0) is 23.3 Å². The number of nitrogens with one attached hydrogen (secondary N) is 1. The number of anilines is 1. The van der Waals surface area contributed by atoms with Gasteiger partial charge in [0.1, 0.15) is 11.5 Å². The van der Waals surface area contributed by atoms with Gasteiger partial charge >= 0.3 is 6.18 Å². The topological polar surface area (TPSA) is 50.9 Å². The van der Waals surface area contributed by atoms with Crippen molar-refractivity contribution in [3.63, 3.8) is 0 Å². The summed E-state index contributed by atoms with van der Waals surface area (Å²) in [7, 11) is 0. The largest absolute Gasteiger partial charge is 0.433 e. The molecule has 1 aromatic heterocycles. The maximum Gasteiger partial charge on any atom is 0.433 e. The van der Waals surface area contributed by atoms with Crippen molar-refractivity contribution in [1.82, 2.24) is 4.98 Å². The van der Waals surface area contributed by atoms with E-state index in [0.717, 1.165) is 17.2 Å². The molecule has 0 spiro atoms. The summed E-state index contributed by atoms with van der Waals surface area (Å²) < 4.78 is 37.6. The van der Waals surface area contributed by atoms with Crippen molar-refractivity contribution in [2.45, 2.75) is 19.3 Å². The lowest BCUT2D eigenvalue weighted by molar-refractivity contribution is -0.141. The minimum atomic E-state index is -4.43. The minimum Gasteiger partial charge on any atom is -0.366 e. The molecule has 1 heterocycles. The molecular weight excluding hydrogens is 267 g/mol. The van der Waals surface area contributed by atoms with E-state index in [1.165, 1.54) is 12.1 Å². The van der Waals surface area contributed by atoms with Crippen molar-refractivity contribution in [3.8, 4) is 0 Å². The van der Waals surface area contributed by atoms with Crippen LogP contribution in [0.5, 0.6) is 0 Å². The molecular formula is C14H14F3N3. The van der Waals surface area contributed by atoms with Crippen LogP contribution in [-0.2, 0) is 19.3 Å². The van der Waals surface area contributed by atoms with Gasteiger partial charge in [-0.25, -0.2) is 4.98 Å². The number of alkyl halides is 3. The SMILES string of the molecule is NCc1cccc(CNc2cccc(C(F)(F)F)n2)c1. The Labute approximate surface area is 114 Å². The number of pyridine rings is 1. The third-order valence-electron chi connectivity index (χ3n) is 2.74. The first-order chi connectivity index (χ1) is 9.49. The predicted molar refractivity (Wildman–Crippen MR) is 70.9 cm³/mol. The fraction of sp³-hybridized carbons (Fsp3) is 0.214. The monoisotopic (exact) mass is 281 g/mol. The van der Waals surface area contributed by atoms with Gasteiger partial charge in [0.05, 0.1) is 0 Å². The molecule has 3 N–H and O–H groups in total.